The van der Waals surface area contributed by atoms with Crippen LogP contribution in [0.5, 0.6) is 5.75 Å². The quantitative estimate of drug-likeness (QED) is 0.515. The fraction of sp³-hybridized carbons (Fsp3) is 0.609. The zero-order chi connectivity index (χ0) is 20.8. The molecule has 2 saturated heterocycles. The van der Waals surface area contributed by atoms with Crippen LogP contribution in [-0.4, -0.2) is 90.5 Å². The topological polar surface area (TPSA) is 61.8 Å². The van der Waals surface area contributed by atoms with Crippen LogP contribution in [0.2, 0.25) is 0 Å². The molecule has 4 rings (SSSR count). The lowest BCUT2D eigenvalue weighted by Gasteiger charge is -2.29. The first-order valence-corrected chi connectivity index (χ1v) is 11.2. The van der Waals surface area contributed by atoms with E-state index in [0.717, 1.165) is 87.3 Å². The molecule has 3 heterocycles. The van der Waals surface area contributed by atoms with Crippen LogP contribution >= 0.6 is 0 Å². The highest BCUT2D eigenvalue weighted by Gasteiger charge is 2.22. The molecule has 0 unspecified atom stereocenters. The average molecular weight is 412 g/mol. The first-order chi connectivity index (χ1) is 14.7. The molecular formula is C23H33N5O2. The largest absolute Gasteiger partial charge is 0.493 e. The van der Waals surface area contributed by atoms with Gasteiger partial charge in [0, 0.05) is 50.1 Å². The van der Waals surface area contributed by atoms with E-state index in [0.29, 0.717) is 5.92 Å². The SMILES string of the molecule is CN1CCCN(CCCOc2ccc3c(C4CCN(C=O)CC4)ncnc3c2)CC1. The Bertz CT molecular complexity index is 837. The van der Waals surface area contributed by atoms with Gasteiger partial charge in [0.05, 0.1) is 17.8 Å². The molecule has 1 aromatic heterocycles. The molecule has 30 heavy (non-hydrogen) atoms. The molecule has 2 aromatic rings. The third kappa shape index (κ3) is 5.26. The van der Waals surface area contributed by atoms with Crippen molar-refractivity contribution in [2.24, 2.45) is 0 Å². The monoisotopic (exact) mass is 411 g/mol. The van der Waals surface area contributed by atoms with Gasteiger partial charge in [0.25, 0.3) is 0 Å². The number of aromatic nitrogens is 2. The Morgan fingerprint density at radius 3 is 2.80 bits per heavy atom. The predicted molar refractivity (Wildman–Crippen MR) is 118 cm³/mol. The average Bonchev–Trinajstić information content (AvgIpc) is 3.00. The molecule has 7 nitrogen and oxygen atoms in total. The van der Waals surface area contributed by atoms with E-state index in [2.05, 4.69) is 32.9 Å². The third-order valence-corrected chi connectivity index (χ3v) is 6.40. The van der Waals surface area contributed by atoms with Gasteiger partial charge in [0.15, 0.2) is 0 Å². The number of likely N-dealkylation sites (N-methyl/N-ethyl adjacent to an activating group) is 1. The highest BCUT2D eigenvalue weighted by molar-refractivity contribution is 5.82. The fourth-order valence-electron chi connectivity index (χ4n) is 4.55. The van der Waals surface area contributed by atoms with Crippen LogP contribution in [-0.2, 0) is 4.79 Å². The second kappa shape index (κ2) is 10.2. The van der Waals surface area contributed by atoms with E-state index in [-0.39, 0.29) is 0 Å². The predicted octanol–water partition coefficient (Wildman–Crippen LogP) is 2.37. The third-order valence-electron chi connectivity index (χ3n) is 6.40. The molecule has 0 N–H and O–H groups in total. The summed E-state index contributed by atoms with van der Waals surface area (Å²) >= 11 is 0. The van der Waals surface area contributed by atoms with Crippen LogP contribution in [0, 0.1) is 0 Å². The van der Waals surface area contributed by atoms with Gasteiger partial charge in [-0.15, -0.1) is 0 Å². The van der Waals surface area contributed by atoms with Gasteiger partial charge in [-0.1, -0.05) is 0 Å². The highest BCUT2D eigenvalue weighted by atomic mass is 16.5. The van der Waals surface area contributed by atoms with Gasteiger partial charge in [-0.25, -0.2) is 9.97 Å². The highest BCUT2D eigenvalue weighted by Crippen LogP contribution is 2.31. The molecule has 162 valence electrons. The maximum atomic E-state index is 11.0. The summed E-state index contributed by atoms with van der Waals surface area (Å²) in [4.78, 5) is 26.8. The van der Waals surface area contributed by atoms with Crippen molar-refractivity contribution in [2.45, 2.75) is 31.6 Å². The minimum absolute atomic E-state index is 0.381. The van der Waals surface area contributed by atoms with Crippen molar-refractivity contribution in [3.05, 3.63) is 30.2 Å². The van der Waals surface area contributed by atoms with E-state index in [1.165, 1.54) is 19.5 Å². The number of ether oxygens (including phenoxy) is 1. The standard InChI is InChI=1S/C23H33N5O2/c1-26-8-2-9-27(14-13-26)10-3-15-30-20-4-5-21-22(16-20)24-17-25-23(21)19-6-11-28(18-29)12-7-19/h4-5,16-19H,2-3,6-15H2,1H3. The number of carbonyl (C=O) groups excluding carboxylic acids is 1. The summed E-state index contributed by atoms with van der Waals surface area (Å²) < 4.78 is 6.03. The minimum Gasteiger partial charge on any atom is -0.493 e. The van der Waals surface area contributed by atoms with Crippen molar-refractivity contribution >= 4 is 17.3 Å². The summed E-state index contributed by atoms with van der Waals surface area (Å²) in [7, 11) is 2.20. The Labute approximate surface area is 179 Å². The van der Waals surface area contributed by atoms with Crippen LogP contribution in [0.4, 0.5) is 0 Å². The molecule has 2 aliphatic heterocycles. The number of hydrogen-bond acceptors (Lipinski definition) is 6. The molecule has 0 saturated carbocycles. The second-order valence-electron chi connectivity index (χ2n) is 8.55. The van der Waals surface area contributed by atoms with Crippen molar-refractivity contribution in [2.75, 3.05) is 59.5 Å². The second-order valence-corrected chi connectivity index (χ2v) is 8.55. The van der Waals surface area contributed by atoms with Crippen molar-refractivity contribution in [3.63, 3.8) is 0 Å². The van der Waals surface area contributed by atoms with Gasteiger partial charge in [-0.05, 0) is 58.0 Å². The Morgan fingerprint density at radius 2 is 1.97 bits per heavy atom. The molecular weight excluding hydrogens is 378 g/mol. The summed E-state index contributed by atoms with van der Waals surface area (Å²) in [6, 6.07) is 6.16. The lowest BCUT2D eigenvalue weighted by atomic mass is 9.91. The number of fused-ring (bicyclic) bond motifs is 1. The summed E-state index contributed by atoms with van der Waals surface area (Å²) in [6.07, 6.45) is 6.79. The Balaban J connectivity index is 1.32. The molecule has 1 amide bonds. The molecule has 7 heteroatoms. The first kappa shape index (κ1) is 21.0. The van der Waals surface area contributed by atoms with Gasteiger partial charge >= 0.3 is 0 Å². The summed E-state index contributed by atoms with van der Waals surface area (Å²) in [5.41, 5.74) is 2.04. The van der Waals surface area contributed by atoms with E-state index >= 15 is 0 Å². The van der Waals surface area contributed by atoms with Crippen LogP contribution in [0.25, 0.3) is 10.9 Å². The maximum absolute atomic E-state index is 11.0. The van der Waals surface area contributed by atoms with Crippen LogP contribution < -0.4 is 4.74 Å². The number of amides is 1. The van der Waals surface area contributed by atoms with Gasteiger partial charge < -0.3 is 19.4 Å². The van der Waals surface area contributed by atoms with E-state index in [4.69, 9.17) is 4.74 Å². The smallest absolute Gasteiger partial charge is 0.209 e. The van der Waals surface area contributed by atoms with Crippen LogP contribution in [0.3, 0.4) is 0 Å². The molecule has 0 radical (unpaired) electrons. The number of rotatable bonds is 7. The maximum Gasteiger partial charge on any atom is 0.209 e. The van der Waals surface area contributed by atoms with Crippen molar-refractivity contribution in [1.29, 1.82) is 0 Å². The summed E-state index contributed by atoms with van der Waals surface area (Å²) in [6.45, 7) is 8.10. The molecule has 2 aliphatic rings. The fourth-order valence-corrected chi connectivity index (χ4v) is 4.55. The first-order valence-electron chi connectivity index (χ1n) is 11.2. The van der Waals surface area contributed by atoms with Crippen molar-refractivity contribution in [3.8, 4) is 5.75 Å². The summed E-state index contributed by atoms with van der Waals surface area (Å²) in [5.74, 6) is 1.25. The molecule has 0 spiro atoms. The normalized spacial score (nSPS) is 19.7. The van der Waals surface area contributed by atoms with E-state index in [1.54, 1.807) is 6.33 Å². The molecule has 0 aliphatic carbocycles. The van der Waals surface area contributed by atoms with Crippen LogP contribution in [0.15, 0.2) is 24.5 Å². The molecule has 0 atom stereocenters. The van der Waals surface area contributed by atoms with Crippen molar-refractivity contribution < 1.29 is 9.53 Å². The van der Waals surface area contributed by atoms with E-state index in [1.807, 2.05) is 17.0 Å². The van der Waals surface area contributed by atoms with Crippen LogP contribution in [0.1, 0.15) is 37.3 Å². The minimum atomic E-state index is 0.381. The number of likely N-dealkylation sites (tertiary alicyclic amines) is 1. The lowest BCUT2D eigenvalue weighted by Crippen LogP contribution is -2.31. The van der Waals surface area contributed by atoms with Gasteiger partial charge in [0.1, 0.15) is 12.1 Å². The number of hydrogen-bond donors (Lipinski definition) is 0. The van der Waals surface area contributed by atoms with E-state index < -0.39 is 0 Å². The Hall–Kier alpha value is -2.25. The van der Waals surface area contributed by atoms with Gasteiger partial charge in [0.2, 0.25) is 6.41 Å². The number of carbonyl (C=O) groups is 1. The zero-order valence-corrected chi connectivity index (χ0v) is 18.0. The van der Waals surface area contributed by atoms with E-state index in [9.17, 15) is 4.79 Å². The molecule has 1 aromatic carbocycles. The molecule has 0 bridgehead atoms. The lowest BCUT2D eigenvalue weighted by molar-refractivity contribution is -0.119. The van der Waals surface area contributed by atoms with Crippen molar-refractivity contribution in [1.82, 2.24) is 24.7 Å². The number of benzene rings is 1. The Morgan fingerprint density at radius 1 is 1.10 bits per heavy atom. The summed E-state index contributed by atoms with van der Waals surface area (Å²) in [5, 5.41) is 1.10. The molecule has 2 fully saturated rings. The van der Waals surface area contributed by atoms with Gasteiger partial charge in [-0.3, -0.25) is 4.79 Å². The number of piperidine rings is 1. The number of nitrogens with zero attached hydrogens (tertiary/aromatic N) is 5. The zero-order valence-electron chi connectivity index (χ0n) is 18.0. The van der Waals surface area contributed by atoms with Gasteiger partial charge in [-0.2, -0.15) is 0 Å². The Kier molecular flexibility index (Phi) is 7.12.